The maximum atomic E-state index is 12.7. The molecular weight excluding hydrogens is 318 g/mol. The number of rotatable bonds is 3. The standard InChI is InChI=1S/C19H23N3O3/c1-2-25-19(24)22-13-5-12-21(14-15-22)18(23)16-6-8-17(9-7-16)20-10-3-4-11-20/h3-4,6-11H,2,5,12-15H2,1H3. The monoisotopic (exact) mass is 341 g/mol. The lowest BCUT2D eigenvalue weighted by atomic mass is 10.1. The van der Waals surface area contributed by atoms with Crippen molar-refractivity contribution in [2.45, 2.75) is 13.3 Å². The summed E-state index contributed by atoms with van der Waals surface area (Å²) in [7, 11) is 0. The summed E-state index contributed by atoms with van der Waals surface area (Å²) >= 11 is 0. The van der Waals surface area contributed by atoms with Gasteiger partial charge in [-0.25, -0.2) is 4.79 Å². The molecule has 0 atom stereocenters. The van der Waals surface area contributed by atoms with Crippen LogP contribution in [0, 0.1) is 0 Å². The van der Waals surface area contributed by atoms with Crippen LogP contribution < -0.4 is 0 Å². The highest BCUT2D eigenvalue weighted by molar-refractivity contribution is 5.94. The van der Waals surface area contributed by atoms with E-state index in [1.807, 2.05) is 58.3 Å². The Morgan fingerprint density at radius 1 is 0.960 bits per heavy atom. The van der Waals surface area contributed by atoms with Crippen molar-refractivity contribution in [2.24, 2.45) is 0 Å². The van der Waals surface area contributed by atoms with E-state index in [-0.39, 0.29) is 12.0 Å². The van der Waals surface area contributed by atoms with Crippen LogP contribution in [-0.2, 0) is 4.74 Å². The Morgan fingerprint density at radius 3 is 2.28 bits per heavy atom. The molecule has 0 spiro atoms. The summed E-state index contributed by atoms with van der Waals surface area (Å²) < 4.78 is 7.04. The molecule has 2 heterocycles. The summed E-state index contributed by atoms with van der Waals surface area (Å²) in [6, 6.07) is 11.5. The predicted molar refractivity (Wildman–Crippen MR) is 94.9 cm³/mol. The average Bonchev–Trinajstić information content (AvgIpc) is 3.06. The number of amides is 2. The smallest absolute Gasteiger partial charge is 0.409 e. The van der Waals surface area contributed by atoms with E-state index < -0.39 is 0 Å². The van der Waals surface area contributed by atoms with E-state index >= 15 is 0 Å². The lowest BCUT2D eigenvalue weighted by Gasteiger charge is -2.22. The van der Waals surface area contributed by atoms with Crippen molar-refractivity contribution in [1.82, 2.24) is 14.4 Å². The van der Waals surface area contributed by atoms with Gasteiger partial charge >= 0.3 is 6.09 Å². The Morgan fingerprint density at radius 2 is 1.60 bits per heavy atom. The molecule has 0 radical (unpaired) electrons. The highest BCUT2D eigenvalue weighted by atomic mass is 16.6. The highest BCUT2D eigenvalue weighted by Crippen LogP contribution is 2.14. The number of nitrogens with zero attached hydrogens (tertiary/aromatic N) is 3. The number of benzene rings is 1. The van der Waals surface area contributed by atoms with E-state index in [0.29, 0.717) is 38.3 Å². The minimum Gasteiger partial charge on any atom is -0.450 e. The predicted octanol–water partition coefficient (Wildman–Crippen LogP) is 2.78. The molecular formula is C19H23N3O3. The molecule has 1 aromatic heterocycles. The Bertz CT molecular complexity index is 710. The summed E-state index contributed by atoms with van der Waals surface area (Å²) in [6.07, 6.45) is 4.39. The summed E-state index contributed by atoms with van der Waals surface area (Å²) in [5, 5.41) is 0. The maximum Gasteiger partial charge on any atom is 0.409 e. The first-order chi connectivity index (χ1) is 12.2. The second-order valence-corrected chi connectivity index (χ2v) is 5.97. The van der Waals surface area contributed by atoms with Crippen molar-refractivity contribution in [3.05, 3.63) is 54.4 Å². The molecule has 1 aliphatic heterocycles. The fourth-order valence-electron chi connectivity index (χ4n) is 2.98. The third kappa shape index (κ3) is 4.02. The molecule has 2 amide bonds. The maximum absolute atomic E-state index is 12.7. The molecule has 0 bridgehead atoms. The van der Waals surface area contributed by atoms with Crippen LogP contribution in [0.3, 0.4) is 0 Å². The van der Waals surface area contributed by atoms with Gasteiger partial charge in [0.15, 0.2) is 0 Å². The van der Waals surface area contributed by atoms with Crippen molar-refractivity contribution >= 4 is 12.0 Å². The highest BCUT2D eigenvalue weighted by Gasteiger charge is 2.23. The molecule has 0 saturated carbocycles. The van der Waals surface area contributed by atoms with Crippen LogP contribution in [0.15, 0.2) is 48.8 Å². The first-order valence-electron chi connectivity index (χ1n) is 8.63. The zero-order chi connectivity index (χ0) is 17.6. The molecule has 6 nitrogen and oxygen atoms in total. The van der Waals surface area contributed by atoms with Gasteiger partial charge in [-0.15, -0.1) is 0 Å². The normalized spacial score (nSPS) is 14.9. The second-order valence-electron chi connectivity index (χ2n) is 5.97. The third-order valence-corrected chi connectivity index (χ3v) is 4.33. The lowest BCUT2D eigenvalue weighted by molar-refractivity contribution is 0.0753. The summed E-state index contributed by atoms with van der Waals surface area (Å²) in [6.45, 7) is 4.46. The SMILES string of the molecule is CCOC(=O)N1CCCN(C(=O)c2ccc(-n3cccc3)cc2)CC1. The summed E-state index contributed by atoms with van der Waals surface area (Å²) in [5.74, 6) is 0.00441. The van der Waals surface area contributed by atoms with E-state index in [1.165, 1.54) is 0 Å². The molecule has 0 aliphatic carbocycles. The molecule has 132 valence electrons. The number of carbonyl (C=O) groups is 2. The van der Waals surface area contributed by atoms with Crippen LogP contribution in [0.5, 0.6) is 0 Å². The molecule has 6 heteroatoms. The van der Waals surface area contributed by atoms with E-state index in [0.717, 1.165) is 12.1 Å². The zero-order valence-electron chi connectivity index (χ0n) is 14.4. The van der Waals surface area contributed by atoms with Gasteiger partial charge in [-0.05, 0) is 49.7 Å². The number of ether oxygens (including phenoxy) is 1. The van der Waals surface area contributed by atoms with Gasteiger partial charge in [-0.3, -0.25) is 4.79 Å². The van der Waals surface area contributed by atoms with Crippen LogP contribution in [0.1, 0.15) is 23.7 Å². The Kier molecular flexibility index (Phi) is 5.38. The first kappa shape index (κ1) is 17.1. The Balaban J connectivity index is 1.64. The van der Waals surface area contributed by atoms with Gasteiger partial charge in [-0.1, -0.05) is 0 Å². The van der Waals surface area contributed by atoms with E-state index in [2.05, 4.69) is 0 Å². The van der Waals surface area contributed by atoms with E-state index in [4.69, 9.17) is 4.74 Å². The topological polar surface area (TPSA) is 54.8 Å². The van der Waals surface area contributed by atoms with Gasteiger partial charge < -0.3 is 19.1 Å². The van der Waals surface area contributed by atoms with Crippen LogP contribution in [0.2, 0.25) is 0 Å². The quantitative estimate of drug-likeness (QED) is 0.863. The molecule has 0 N–H and O–H groups in total. The van der Waals surface area contributed by atoms with Crippen LogP contribution in [-0.4, -0.2) is 59.2 Å². The number of carbonyl (C=O) groups excluding carboxylic acids is 2. The van der Waals surface area contributed by atoms with Crippen molar-refractivity contribution < 1.29 is 14.3 Å². The fraction of sp³-hybridized carbons (Fsp3) is 0.368. The molecule has 1 saturated heterocycles. The lowest BCUT2D eigenvalue weighted by Crippen LogP contribution is -2.37. The minimum atomic E-state index is -0.298. The first-order valence-corrected chi connectivity index (χ1v) is 8.63. The van der Waals surface area contributed by atoms with E-state index in [1.54, 1.807) is 11.8 Å². The second kappa shape index (κ2) is 7.88. The molecule has 1 aromatic carbocycles. The van der Waals surface area contributed by atoms with Gasteiger partial charge in [-0.2, -0.15) is 0 Å². The number of hydrogen-bond acceptors (Lipinski definition) is 3. The van der Waals surface area contributed by atoms with Gasteiger partial charge in [0.2, 0.25) is 0 Å². The summed E-state index contributed by atoms with van der Waals surface area (Å²) in [5.41, 5.74) is 1.69. The average molecular weight is 341 g/mol. The van der Waals surface area contributed by atoms with Gasteiger partial charge in [0, 0.05) is 49.8 Å². The summed E-state index contributed by atoms with van der Waals surface area (Å²) in [4.78, 5) is 28.1. The van der Waals surface area contributed by atoms with E-state index in [9.17, 15) is 9.59 Å². The van der Waals surface area contributed by atoms with Crippen molar-refractivity contribution in [3.8, 4) is 5.69 Å². The van der Waals surface area contributed by atoms with Crippen molar-refractivity contribution in [2.75, 3.05) is 32.8 Å². The molecule has 25 heavy (non-hydrogen) atoms. The number of aromatic nitrogens is 1. The van der Waals surface area contributed by atoms with Gasteiger partial charge in [0.1, 0.15) is 0 Å². The Labute approximate surface area is 147 Å². The van der Waals surface area contributed by atoms with Crippen molar-refractivity contribution in [1.29, 1.82) is 0 Å². The fourth-order valence-corrected chi connectivity index (χ4v) is 2.98. The van der Waals surface area contributed by atoms with Crippen LogP contribution in [0.4, 0.5) is 4.79 Å². The zero-order valence-corrected chi connectivity index (χ0v) is 14.4. The van der Waals surface area contributed by atoms with Crippen LogP contribution >= 0.6 is 0 Å². The molecule has 1 aliphatic rings. The molecule has 3 rings (SSSR count). The van der Waals surface area contributed by atoms with Crippen LogP contribution in [0.25, 0.3) is 5.69 Å². The molecule has 1 fully saturated rings. The van der Waals surface area contributed by atoms with Gasteiger partial charge in [0.25, 0.3) is 5.91 Å². The Hall–Kier alpha value is -2.76. The molecule has 2 aromatic rings. The third-order valence-electron chi connectivity index (χ3n) is 4.33. The number of hydrogen-bond donors (Lipinski definition) is 0. The van der Waals surface area contributed by atoms with Crippen molar-refractivity contribution in [3.63, 3.8) is 0 Å². The van der Waals surface area contributed by atoms with Gasteiger partial charge in [0.05, 0.1) is 6.61 Å². The molecule has 0 unspecified atom stereocenters. The largest absolute Gasteiger partial charge is 0.450 e. The minimum absolute atomic E-state index is 0.00441.